The van der Waals surface area contributed by atoms with E-state index in [9.17, 15) is 14.7 Å². The highest BCUT2D eigenvalue weighted by molar-refractivity contribution is 7.23. The number of anilines is 1. The van der Waals surface area contributed by atoms with Crippen molar-refractivity contribution in [3.05, 3.63) is 28.9 Å². The maximum atomic E-state index is 12.7. The summed E-state index contributed by atoms with van der Waals surface area (Å²) in [6.07, 6.45) is 4.53. The first kappa shape index (κ1) is 22.6. The van der Waals surface area contributed by atoms with Crippen molar-refractivity contribution in [1.82, 2.24) is 20.2 Å². The molecule has 0 radical (unpaired) electrons. The second-order valence-corrected chi connectivity index (χ2v) is 10.1. The third-order valence-corrected chi connectivity index (χ3v) is 8.22. The summed E-state index contributed by atoms with van der Waals surface area (Å²) in [5, 5.41) is 17.6. The van der Waals surface area contributed by atoms with Gasteiger partial charge in [0.2, 0.25) is 5.91 Å². The Morgan fingerprint density at radius 3 is 2.91 bits per heavy atom. The molecule has 0 saturated carbocycles. The molecule has 0 bridgehead atoms. The molecule has 3 N–H and O–H groups in total. The third kappa shape index (κ3) is 4.48. The van der Waals surface area contributed by atoms with Gasteiger partial charge in [-0.2, -0.15) is 0 Å². The first-order chi connectivity index (χ1) is 15.4. The molecule has 4 heterocycles. The minimum atomic E-state index is -0.925. The summed E-state index contributed by atoms with van der Waals surface area (Å²) in [6, 6.07) is 2.03. The van der Waals surface area contributed by atoms with Crippen LogP contribution < -0.4 is 10.6 Å². The van der Waals surface area contributed by atoms with Crippen LogP contribution >= 0.6 is 22.7 Å². The van der Waals surface area contributed by atoms with Crippen LogP contribution in [0.3, 0.4) is 0 Å². The van der Waals surface area contributed by atoms with Crippen molar-refractivity contribution in [2.24, 2.45) is 0 Å². The van der Waals surface area contributed by atoms with Gasteiger partial charge in [0.05, 0.1) is 16.9 Å². The molecule has 0 spiro atoms. The molecular formula is C22H27N5O3S2. The molecule has 3 aromatic rings. The van der Waals surface area contributed by atoms with Crippen LogP contribution in [0, 0.1) is 0 Å². The summed E-state index contributed by atoms with van der Waals surface area (Å²) >= 11 is 3.03. The van der Waals surface area contributed by atoms with Crippen LogP contribution in [-0.4, -0.2) is 51.1 Å². The number of nitrogens with zero attached hydrogens (tertiary/aromatic N) is 3. The Kier molecular flexibility index (Phi) is 6.73. The third-order valence-electron chi connectivity index (χ3n) is 5.85. The molecule has 0 unspecified atom stereocenters. The monoisotopic (exact) mass is 473 g/mol. The van der Waals surface area contributed by atoms with Gasteiger partial charge in [-0.15, -0.1) is 22.7 Å². The van der Waals surface area contributed by atoms with Crippen molar-refractivity contribution in [2.45, 2.75) is 52.1 Å². The molecule has 10 heteroatoms. The van der Waals surface area contributed by atoms with E-state index in [1.807, 2.05) is 13.0 Å². The lowest BCUT2D eigenvalue weighted by molar-refractivity contribution is -0.116. The molecule has 3 aromatic heterocycles. The van der Waals surface area contributed by atoms with E-state index in [1.165, 1.54) is 16.2 Å². The highest BCUT2D eigenvalue weighted by Gasteiger charge is 2.34. The lowest BCUT2D eigenvalue weighted by Gasteiger charge is -2.31. The van der Waals surface area contributed by atoms with E-state index < -0.39 is 6.09 Å². The molecule has 8 nitrogen and oxygen atoms in total. The predicted octanol–water partition coefficient (Wildman–Crippen LogP) is 4.73. The zero-order chi connectivity index (χ0) is 22.8. The van der Waals surface area contributed by atoms with Gasteiger partial charge < -0.3 is 20.6 Å². The smallest absolute Gasteiger partial charge is 0.407 e. The topological polar surface area (TPSA) is 107 Å². The average Bonchev–Trinajstić information content (AvgIpc) is 3.34. The number of hydrogen-bond acceptors (Lipinski definition) is 7. The lowest BCUT2D eigenvalue weighted by atomic mass is 9.98. The second kappa shape index (κ2) is 9.51. The van der Waals surface area contributed by atoms with Crippen LogP contribution in [-0.2, 0) is 11.2 Å². The first-order valence-corrected chi connectivity index (χ1v) is 12.4. The van der Waals surface area contributed by atoms with Gasteiger partial charge in [-0.05, 0) is 38.3 Å². The van der Waals surface area contributed by atoms with E-state index in [4.69, 9.17) is 4.98 Å². The van der Waals surface area contributed by atoms with Crippen LogP contribution in [0.15, 0.2) is 18.5 Å². The molecule has 1 aliphatic heterocycles. The Morgan fingerprint density at radius 1 is 1.38 bits per heavy atom. The molecule has 0 aliphatic carbocycles. The van der Waals surface area contributed by atoms with Crippen LogP contribution in [0.25, 0.3) is 20.8 Å². The number of amides is 2. The van der Waals surface area contributed by atoms with Crippen molar-refractivity contribution in [1.29, 1.82) is 0 Å². The summed E-state index contributed by atoms with van der Waals surface area (Å²) in [6.45, 7) is 7.13. The molecule has 1 aliphatic rings. The van der Waals surface area contributed by atoms with E-state index in [-0.39, 0.29) is 11.9 Å². The van der Waals surface area contributed by atoms with Gasteiger partial charge in [0.1, 0.15) is 15.5 Å². The maximum absolute atomic E-state index is 12.7. The number of fused-ring (bicyclic) bond motifs is 2. The van der Waals surface area contributed by atoms with Gasteiger partial charge in [0.25, 0.3) is 0 Å². The minimum absolute atomic E-state index is 0.0637. The average molecular weight is 474 g/mol. The molecule has 0 aromatic carbocycles. The normalized spacial score (nSPS) is 16.7. The molecule has 2 atom stereocenters. The summed E-state index contributed by atoms with van der Waals surface area (Å²) in [7, 11) is 0. The van der Waals surface area contributed by atoms with Crippen molar-refractivity contribution in [3.8, 4) is 10.6 Å². The van der Waals surface area contributed by atoms with Gasteiger partial charge in [-0.25, -0.2) is 9.78 Å². The Balaban J connectivity index is 1.68. The number of carboxylic acid groups (broad SMARTS) is 1. The van der Waals surface area contributed by atoms with Gasteiger partial charge >= 0.3 is 6.09 Å². The highest BCUT2D eigenvalue weighted by Crippen LogP contribution is 2.48. The van der Waals surface area contributed by atoms with Crippen LogP contribution in [0.1, 0.15) is 50.1 Å². The fourth-order valence-electron chi connectivity index (χ4n) is 3.86. The zero-order valence-corrected chi connectivity index (χ0v) is 20.0. The van der Waals surface area contributed by atoms with Crippen LogP contribution in [0.2, 0.25) is 0 Å². The fourth-order valence-corrected chi connectivity index (χ4v) is 6.27. The number of rotatable bonds is 7. The number of carbonyl (C=O) groups excluding carboxylic acids is 1. The summed E-state index contributed by atoms with van der Waals surface area (Å²) in [5.41, 5.74) is 2.82. The van der Waals surface area contributed by atoms with Gasteiger partial charge in [0, 0.05) is 42.2 Å². The van der Waals surface area contributed by atoms with E-state index in [2.05, 4.69) is 29.5 Å². The van der Waals surface area contributed by atoms with E-state index in [0.29, 0.717) is 32.0 Å². The van der Waals surface area contributed by atoms with E-state index >= 15 is 0 Å². The summed E-state index contributed by atoms with van der Waals surface area (Å²) in [4.78, 5) is 35.8. The molecule has 32 heavy (non-hydrogen) atoms. The Labute approximate surface area is 194 Å². The summed E-state index contributed by atoms with van der Waals surface area (Å²) in [5.74, 6) is -0.0637. The number of aromatic nitrogens is 2. The largest absolute Gasteiger partial charge is 0.465 e. The van der Waals surface area contributed by atoms with Crippen molar-refractivity contribution in [2.75, 3.05) is 18.4 Å². The quantitative estimate of drug-likeness (QED) is 0.458. The predicted molar refractivity (Wildman–Crippen MR) is 129 cm³/mol. The van der Waals surface area contributed by atoms with Crippen molar-refractivity contribution in [3.63, 3.8) is 0 Å². The van der Waals surface area contributed by atoms with Crippen molar-refractivity contribution < 1.29 is 14.7 Å². The molecule has 170 valence electrons. The number of nitrogens with one attached hydrogen (secondary N) is 2. The standard InChI is InChI=1S/C22H27N5O3S2/c1-4-12(2)24-9-6-17(28)26-21-18(20-25-15-11-23-8-5-16(15)31-20)14-7-10-27(22(29)30)13(3)19(14)32-21/h5,8,11-13,24H,4,6-7,9-10H2,1-3H3,(H,26,28)(H,29,30)/t12-,13-/m0/s1. The van der Waals surface area contributed by atoms with Crippen molar-refractivity contribution >= 4 is 49.9 Å². The fraction of sp³-hybridized carbons (Fsp3) is 0.455. The van der Waals surface area contributed by atoms with E-state index in [0.717, 1.165) is 42.7 Å². The van der Waals surface area contributed by atoms with E-state index in [1.54, 1.807) is 23.7 Å². The van der Waals surface area contributed by atoms with Crippen LogP contribution in [0.4, 0.5) is 9.80 Å². The number of thiazole rings is 1. The molecule has 2 amide bonds. The second-order valence-electron chi connectivity index (χ2n) is 7.97. The Morgan fingerprint density at radius 2 is 2.19 bits per heavy atom. The summed E-state index contributed by atoms with van der Waals surface area (Å²) < 4.78 is 1.03. The Hall–Kier alpha value is -2.56. The highest BCUT2D eigenvalue weighted by atomic mass is 32.1. The van der Waals surface area contributed by atoms with Gasteiger partial charge in [0.15, 0.2) is 0 Å². The number of hydrogen-bond donors (Lipinski definition) is 3. The number of carbonyl (C=O) groups is 2. The molecule has 0 saturated heterocycles. The zero-order valence-electron chi connectivity index (χ0n) is 18.3. The minimum Gasteiger partial charge on any atom is -0.465 e. The maximum Gasteiger partial charge on any atom is 0.407 e. The Bertz CT molecular complexity index is 1110. The first-order valence-electron chi connectivity index (χ1n) is 10.8. The number of thiophene rings is 1. The van der Waals surface area contributed by atoms with Gasteiger partial charge in [-0.1, -0.05) is 6.92 Å². The molecule has 0 fully saturated rings. The molecular weight excluding hydrogens is 446 g/mol. The number of pyridine rings is 1. The lowest BCUT2D eigenvalue weighted by Crippen LogP contribution is -2.37. The molecule has 4 rings (SSSR count). The van der Waals surface area contributed by atoms with Crippen LogP contribution in [0.5, 0.6) is 0 Å². The van der Waals surface area contributed by atoms with Gasteiger partial charge in [-0.3, -0.25) is 9.78 Å². The SMILES string of the molecule is CC[C@H](C)NCCC(=O)Nc1sc2c(c1-c1nc3cnccc3s1)CCN(C(=O)O)[C@H]2C.